The Hall–Kier alpha value is -2.58. The number of aromatic nitrogens is 4. The summed E-state index contributed by atoms with van der Waals surface area (Å²) < 4.78 is 34.6. The first-order valence-electron chi connectivity index (χ1n) is 5.60. The second-order valence-electron chi connectivity index (χ2n) is 3.44. The molecule has 2 heterocycles. The van der Waals surface area contributed by atoms with Gasteiger partial charge in [-0.05, 0) is 13.0 Å². The second kappa shape index (κ2) is 6.04. The van der Waals surface area contributed by atoms with Crippen molar-refractivity contribution in [2.75, 3.05) is 6.61 Å². The van der Waals surface area contributed by atoms with Crippen LogP contribution in [-0.2, 0) is 4.74 Å². The number of nitrogens with zero attached hydrogens (tertiary/aromatic N) is 4. The molecule has 0 spiro atoms. The highest BCUT2D eigenvalue weighted by Gasteiger charge is 2.22. The summed E-state index contributed by atoms with van der Waals surface area (Å²) in [7, 11) is 0. The summed E-state index contributed by atoms with van der Waals surface area (Å²) in [6, 6.07) is 1.58. The lowest BCUT2D eigenvalue weighted by atomic mass is 10.3. The van der Waals surface area contributed by atoms with Gasteiger partial charge in [0.1, 0.15) is 5.56 Å². The summed E-state index contributed by atoms with van der Waals surface area (Å²) in [5, 5.41) is 3.71. The Morgan fingerprint density at radius 2 is 2.10 bits per heavy atom. The van der Waals surface area contributed by atoms with Gasteiger partial charge in [0.2, 0.25) is 0 Å². The van der Waals surface area contributed by atoms with Crippen LogP contribution in [0.4, 0.5) is 8.78 Å². The van der Waals surface area contributed by atoms with Gasteiger partial charge in [-0.2, -0.15) is 8.78 Å². The van der Waals surface area contributed by atoms with Gasteiger partial charge in [-0.3, -0.25) is 0 Å². The molecule has 7 nitrogen and oxygen atoms in total. The fourth-order valence-corrected chi connectivity index (χ4v) is 1.39. The lowest BCUT2D eigenvalue weighted by Crippen LogP contribution is -2.09. The summed E-state index contributed by atoms with van der Waals surface area (Å²) in [6.45, 7) is -1.42. The minimum Gasteiger partial charge on any atom is -0.462 e. The van der Waals surface area contributed by atoms with E-state index in [4.69, 9.17) is 4.74 Å². The van der Waals surface area contributed by atoms with E-state index in [2.05, 4.69) is 19.8 Å². The normalized spacial score (nSPS) is 10.6. The van der Waals surface area contributed by atoms with Crippen LogP contribution >= 0.6 is 0 Å². The minimum absolute atomic E-state index is 0.0972. The van der Waals surface area contributed by atoms with Crippen LogP contribution in [0, 0.1) is 0 Å². The van der Waals surface area contributed by atoms with Crippen LogP contribution in [0.15, 0.2) is 24.7 Å². The minimum atomic E-state index is -3.11. The largest absolute Gasteiger partial charge is 0.462 e. The number of alkyl halides is 2. The maximum atomic E-state index is 12.3. The van der Waals surface area contributed by atoms with Gasteiger partial charge >= 0.3 is 12.6 Å². The van der Waals surface area contributed by atoms with E-state index in [1.807, 2.05) is 0 Å². The van der Waals surface area contributed by atoms with Gasteiger partial charge in [0, 0.05) is 12.4 Å². The molecule has 0 radical (unpaired) electrons. The third kappa shape index (κ3) is 3.05. The first kappa shape index (κ1) is 13.8. The first-order chi connectivity index (χ1) is 9.61. The number of halogens is 2. The molecule has 0 fully saturated rings. The molecular formula is C11H10F2N4O3. The summed E-state index contributed by atoms with van der Waals surface area (Å²) in [4.78, 5) is 19.4. The molecule has 0 aliphatic rings. The van der Waals surface area contributed by atoms with Gasteiger partial charge in [0.05, 0.1) is 12.8 Å². The van der Waals surface area contributed by atoms with Gasteiger partial charge in [0.25, 0.3) is 11.8 Å². The number of esters is 1. The average molecular weight is 284 g/mol. The van der Waals surface area contributed by atoms with E-state index in [0.717, 1.165) is 4.68 Å². The van der Waals surface area contributed by atoms with Crippen molar-refractivity contribution in [3.63, 3.8) is 0 Å². The monoisotopic (exact) mass is 284 g/mol. The topological polar surface area (TPSA) is 79.1 Å². The molecule has 0 aliphatic heterocycles. The van der Waals surface area contributed by atoms with Crippen LogP contribution in [0.25, 0.3) is 5.95 Å². The predicted octanol–water partition coefficient (Wildman–Crippen LogP) is 1.44. The van der Waals surface area contributed by atoms with E-state index in [9.17, 15) is 13.6 Å². The van der Waals surface area contributed by atoms with Crippen molar-refractivity contribution in [2.24, 2.45) is 0 Å². The summed E-state index contributed by atoms with van der Waals surface area (Å²) in [5.41, 5.74) is -0.223. The van der Waals surface area contributed by atoms with Crippen LogP contribution < -0.4 is 4.74 Å². The molecule has 0 N–H and O–H groups in total. The molecule has 0 aromatic carbocycles. The Bertz CT molecular complexity index is 589. The zero-order chi connectivity index (χ0) is 14.5. The number of rotatable bonds is 5. The van der Waals surface area contributed by atoms with Crippen molar-refractivity contribution in [3.05, 3.63) is 30.2 Å². The van der Waals surface area contributed by atoms with Crippen LogP contribution in [0.3, 0.4) is 0 Å². The standard InChI is InChI=1S/C11H10F2N4O3/c1-2-19-9(18)7-6-17(11-14-4-3-5-15-11)16-8(7)20-10(12)13/h3-6,10H,2H2,1H3. The predicted molar refractivity (Wildman–Crippen MR) is 61.7 cm³/mol. The molecule has 2 aromatic heterocycles. The first-order valence-corrected chi connectivity index (χ1v) is 5.60. The number of hydrogen-bond acceptors (Lipinski definition) is 6. The van der Waals surface area contributed by atoms with Crippen LogP contribution in [-0.4, -0.2) is 38.9 Å². The fourth-order valence-electron chi connectivity index (χ4n) is 1.39. The molecule has 0 saturated heterocycles. The maximum Gasteiger partial charge on any atom is 0.388 e. The molecule has 106 valence electrons. The molecule has 0 atom stereocenters. The smallest absolute Gasteiger partial charge is 0.388 e. The number of carbonyl (C=O) groups is 1. The van der Waals surface area contributed by atoms with Gasteiger partial charge < -0.3 is 9.47 Å². The molecule has 9 heteroatoms. The zero-order valence-corrected chi connectivity index (χ0v) is 10.4. The van der Waals surface area contributed by atoms with Gasteiger partial charge in [0.15, 0.2) is 0 Å². The van der Waals surface area contributed by atoms with Crippen molar-refractivity contribution in [3.8, 4) is 11.8 Å². The van der Waals surface area contributed by atoms with Crippen molar-refractivity contribution >= 4 is 5.97 Å². The lowest BCUT2D eigenvalue weighted by molar-refractivity contribution is -0.0536. The highest BCUT2D eigenvalue weighted by Crippen LogP contribution is 2.20. The Morgan fingerprint density at radius 1 is 1.40 bits per heavy atom. The van der Waals surface area contributed by atoms with Crippen LogP contribution in [0.5, 0.6) is 5.88 Å². The van der Waals surface area contributed by atoms with Crippen molar-refractivity contribution in [1.29, 1.82) is 0 Å². The molecule has 0 saturated carbocycles. The van der Waals surface area contributed by atoms with E-state index in [-0.39, 0.29) is 18.1 Å². The number of hydrogen-bond donors (Lipinski definition) is 0. The quantitative estimate of drug-likeness (QED) is 0.773. The van der Waals surface area contributed by atoms with E-state index in [1.165, 1.54) is 18.6 Å². The summed E-state index contributed by atoms with van der Waals surface area (Å²) >= 11 is 0. The van der Waals surface area contributed by atoms with Crippen molar-refractivity contribution < 1.29 is 23.0 Å². The molecule has 0 aliphatic carbocycles. The van der Waals surface area contributed by atoms with Crippen LogP contribution in [0.1, 0.15) is 17.3 Å². The van der Waals surface area contributed by atoms with Gasteiger partial charge in [-0.25, -0.2) is 19.4 Å². The van der Waals surface area contributed by atoms with Crippen molar-refractivity contribution in [2.45, 2.75) is 13.5 Å². The maximum absolute atomic E-state index is 12.3. The van der Waals surface area contributed by atoms with E-state index < -0.39 is 18.5 Å². The lowest BCUT2D eigenvalue weighted by Gasteiger charge is -2.02. The fraction of sp³-hybridized carbons (Fsp3) is 0.273. The molecule has 0 bridgehead atoms. The highest BCUT2D eigenvalue weighted by molar-refractivity contribution is 5.91. The molecular weight excluding hydrogens is 274 g/mol. The Morgan fingerprint density at radius 3 is 2.70 bits per heavy atom. The summed E-state index contributed by atoms with van der Waals surface area (Å²) in [6.07, 6.45) is 4.06. The van der Waals surface area contributed by atoms with Crippen LogP contribution in [0.2, 0.25) is 0 Å². The number of ether oxygens (including phenoxy) is 2. The zero-order valence-electron chi connectivity index (χ0n) is 10.4. The van der Waals surface area contributed by atoms with Crippen molar-refractivity contribution in [1.82, 2.24) is 19.7 Å². The Labute approximate surface area is 112 Å². The van der Waals surface area contributed by atoms with E-state index >= 15 is 0 Å². The summed E-state index contributed by atoms with van der Waals surface area (Å²) in [5.74, 6) is -1.24. The Balaban J connectivity index is 2.39. The average Bonchev–Trinajstić information content (AvgIpc) is 2.83. The molecule has 2 aromatic rings. The van der Waals surface area contributed by atoms with Gasteiger partial charge in [-0.15, -0.1) is 5.10 Å². The highest BCUT2D eigenvalue weighted by atomic mass is 19.3. The number of carbonyl (C=O) groups excluding carboxylic acids is 1. The molecule has 20 heavy (non-hydrogen) atoms. The van der Waals surface area contributed by atoms with E-state index in [0.29, 0.717) is 0 Å². The van der Waals surface area contributed by atoms with E-state index in [1.54, 1.807) is 13.0 Å². The second-order valence-corrected chi connectivity index (χ2v) is 3.44. The third-order valence-corrected chi connectivity index (χ3v) is 2.13. The Kier molecular flexibility index (Phi) is 4.18. The molecule has 0 unspecified atom stereocenters. The van der Waals surface area contributed by atoms with Gasteiger partial charge in [-0.1, -0.05) is 0 Å². The molecule has 0 amide bonds. The third-order valence-electron chi connectivity index (χ3n) is 2.13. The molecule has 2 rings (SSSR count). The SMILES string of the molecule is CCOC(=O)c1cn(-c2ncccn2)nc1OC(F)F.